The van der Waals surface area contributed by atoms with Gasteiger partial charge >= 0.3 is 11.8 Å². The Labute approximate surface area is 446 Å². The zero-order valence-electron chi connectivity index (χ0n) is 37.3. The quantitative estimate of drug-likeness (QED) is 0.0704. The molecular weight excluding hydrogens is 1080 g/mol. The van der Waals surface area contributed by atoms with E-state index < -0.39 is 43.2 Å². The number of hydrogen-bond acceptors (Lipinski definition) is 6. The molecule has 1 heterocycles. The van der Waals surface area contributed by atoms with Crippen molar-refractivity contribution in [2.75, 3.05) is 0 Å². The summed E-state index contributed by atoms with van der Waals surface area (Å²) in [5.41, 5.74) is -1.30. The van der Waals surface area contributed by atoms with E-state index in [1.807, 2.05) is 158 Å². The first-order valence-corrected chi connectivity index (χ1v) is 25.6. The Balaban J connectivity index is 0.000000228. The second kappa shape index (κ2) is 20.3. The van der Waals surface area contributed by atoms with Gasteiger partial charge in [0.2, 0.25) is 0 Å². The van der Waals surface area contributed by atoms with Gasteiger partial charge in [0, 0.05) is 97.7 Å². The van der Waals surface area contributed by atoms with Gasteiger partial charge < -0.3 is 18.7 Å². The van der Waals surface area contributed by atoms with E-state index in [1.165, 1.54) is 6.07 Å². The molecule has 11 rings (SSSR count). The van der Waals surface area contributed by atoms with Crippen LogP contribution >= 0.6 is 14.3 Å². The molecule has 1 aromatic heterocycles. The van der Waals surface area contributed by atoms with Gasteiger partial charge in [-0.1, -0.05) is 212 Å². The number of hydrogen-bond donors (Lipinski definition) is 1. The van der Waals surface area contributed by atoms with Crippen molar-refractivity contribution in [1.82, 2.24) is 0 Å². The molecule has 0 spiro atoms. The summed E-state index contributed by atoms with van der Waals surface area (Å²) in [6.45, 7) is 0. The molecule has 10 aromatic carbocycles. The van der Waals surface area contributed by atoms with Crippen molar-refractivity contribution in [2.45, 2.75) is 6.18 Å². The van der Waals surface area contributed by atoms with Crippen LogP contribution in [-0.4, -0.2) is 17.1 Å². The van der Waals surface area contributed by atoms with Gasteiger partial charge in [-0.2, -0.15) is 13.2 Å². The molecule has 1 radical (unpaired) electrons. The molecule has 1 N–H and O–H groups in total. The molecule has 0 aliphatic heterocycles. The number of alkyl halides is 3. The fourth-order valence-corrected chi connectivity index (χ4v) is 15.0. The largest absolute Gasteiger partial charge is 0.506 e. The van der Waals surface area contributed by atoms with E-state index >= 15 is 9.13 Å². The third-order valence-electron chi connectivity index (χ3n) is 12.5. The molecule has 0 saturated heterocycles. The number of fused-ring (bicyclic) bond motifs is 5. The van der Waals surface area contributed by atoms with Crippen LogP contribution in [0.25, 0.3) is 54.4 Å². The molecule has 12 heteroatoms. The average Bonchev–Trinajstić information content (AvgIpc) is 3.40. The fraction of sp³-hybridized carbons (Fsp3) is 0.0169. The normalized spacial score (nSPS) is 11.8. The maximum absolute atomic E-state index is 16.2. The van der Waals surface area contributed by atoms with Crippen LogP contribution in [0.15, 0.2) is 240 Å². The first-order chi connectivity index (χ1) is 33.9. The smallest absolute Gasteiger partial charge is 0.455 e. The van der Waals surface area contributed by atoms with Crippen molar-refractivity contribution in [2.24, 2.45) is 0 Å². The van der Waals surface area contributed by atoms with Crippen molar-refractivity contribution in [3.8, 4) is 16.9 Å². The number of carbonyl (C=O) groups excluding carboxylic acids is 1. The van der Waals surface area contributed by atoms with Gasteiger partial charge in [0.05, 0.1) is 5.39 Å². The Morgan fingerprint density at radius 1 is 0.423 bits per heavy atom. The Kier molecular flexibility index (Phi) is 14.2. The number of halogens is 3. The number of benzene rings is 10. The second-order valence-corrected chi connectivity index (χ2v) is 22.0. The van der Waals surface area contributed by atoms with Crippen molar-refractivity contribution in [3.05, 3.63) is 247 Å². The number of Topliss-reactive ketones (excluding diaryl/α,β-unsaturated/α-hetero) is 1. The van der Waals surface area contributed by atoms with E-state index in [4.69, 9.17) is 4.42 Å². The molecular formula is C59H39EuF3O6P2. The summed E-state index contributed by atoms with van der Waals surface area (Å²) < 4.78 is 74.8. The molecule has 0 unspecified atom stereocenters. The maximum atomic E-state index is 16.2. The molecule has 0 bridgehead atoms. The minimum Gasteiger partial charge on any atom is -0.506 e. The minimum absolute atomic E-state index is 0. The molecule has 0 aliphatic rings. The second-order valence-electron chi connectivity index (χ2n) is 16.5. The molecule has 11 aromatic rings. The topological polar surface area (TPSA) is 102 Å². The number of rotatable bonds is 8. The monoisotopic (exact) mass is 1120 g/mol. The van der Waals surface area contributed by atoms with E-state index in [9.17, 15) is 27.9 Å². The standard InChI is InChI=1S/C44H32O2P2.C15H7F3O4.Eu/c45-47(35-19-5-1-6-20-35,36-21-7-2-8-22-36)41-31-29-33-17-13-15-27-39(33)43(41)44-40-28-16-14-18-34(40)30-32-42(44)48(46,37-23-9-3-10-24-37)38-25-11-4-12-26-38;16-15(17,18)13(20)10-11(19)9-6-5-7-3-1-2-4-8(7)12(9)22-14(10)21;/h1-32H;1-6,19H;. The summed E-state index contributed by atoms with van der Waals surface area (Å²) in [5, 5.41) is 19.4. The first kappa shape index (κ1) is 49.5. The van der Waals surface area contributed by atoms with Gasteiger partial charge in [0.25, 0.3) is 5.78 Å². The third-order valence-corrected chi connectivity index (χ3v) is 18.7. The summed E-state index contributed by atoms with van der Waals surface area (Å²) in [6, 6.07) is 73.5. The Bertz CT molecular complexity index is 3680. The van der Waals surface area contributed by atoms with Gasteiger partial charge in [-0.3, -0.25) is 4.79 Å². The van der Waals surface area contributed by atoms with Crippen LogP contribution in [0.5, 0.6) is 5.75 Å². The van der Waals surface area contributed by atoms with Gasteiger partial charge in [-0.25, -0.2) is 4.79 Å². The minimum atomic E-state index is -5.28. The van der Waals surface area contributed by atoms with Gasteiger partial charge in [0.1, 0.15) is 11.3 Å². The Morgan fingerprint density at radius 2 is 0.746 bits per heavy atom. The van der Waals surface area contributed by atoms with Gasteiger partial charge in [-0.15, -0.1) is 0 Å². The van der Waals surface area contributed by atoms with Crippen molar-refractivity contribution in [1.29, 1.82) is 0 Å². The molecule has 0 saturated carbocycles. The Hall–Kier alpha value is -6.51. The van der Waals surface area contributed by atoms with E-state index in [1.54, 1.807) is 30.3 Å². The Morgan fingerprint density at radius 3 is 1.13 bits per heavy atom. The summed E-state index contributed by atoms with van der Waals surface area (Å²) in [7, 11) is -6.94. The molecule has 71 heavy (non-hydrogen) atoms. The van der Waals surface area contributed by atoms with Gasteiger partial charge in [-0.05, 0) is 45.1 Å². The molecule has 6 nitrogen and oxygen atoms in total. The van der Waals surface area contributed by atoms with E-state index in [-0.39, 0.29) is 60.3 Å². The number of carbonyl (C=O) groups is 1. The van der Waals surface area contributed by atoms with Crippen molar-refractivity contribution in [3.63, 3.8) is 0 Å². The molecule has 0 fully saturated rings. The molecule has 349 valence electrons. The van der Waals surface area contributed by atoms with Crippen molar-refractivity contribution < 1.29 is 86.0 Å². The van der Waals surface area contributed by atoms with Crippen LogP contribution in [0.2, 0.25) is 0 Å². The van der Waals surface area contributed by atoms with Crippen LogP contribution in [0.1, 0.15) is 10.4 Å². The SMILES string of the molecule is O=C(c1c(O)c2ccc3ccccc3c2oc1=O)C(F)(F)F.O=P(c1ccccc1)(c1ccccc1)c1ccc2ccccc2c1-c1c(P(=O)(c2ccccc2)c2ccccc2)ccc2ccccc12.[Eu]. The van der Waals surface area contributed by atoms with E-state index in [0.717, 1.165) is 64.5 Å². The maximum Gasteiger partial charge on any atom is 0.455 e. The van der Waals surface area contributed by atoms with Crippen LogP contribution < -0.4 is 37.5 Å². The van der Waals surface area contributed by atoms with E-state index in [2.05, 4.69) is 36.4 Å². The summed E-state index contributed by atoms with van der Waals surface area (Å²) in [5.74, 6) is -3.46. The number of ketones is 1. The first-order valence-electron chi connectivity index (χ1n) is 22.2. The zero-order valence-corrected chi connectivity index (χ0v) is 41.5. The zero-order chi connectivity index (χ0) is 48.6. The predicted octanol–water partition coefficient (Wildman–Crippen LogP) is 12.3. The van der Waals surface area contributed by atoms with Crippen LogP contribution in [0, 0.1) is 49.4 Å². The van der Waals surface area contributed by atoms with Crippen molar-refractivity contribution >= 4 is 95.2 Å². The molecule has 0 atom stereocenters. The van der Waals surface area contributed by atoms with Gasteiger partial charge in [0.15, 0.2) is 19.8 Å². The molecule has 0 amide bonds. The van der Waals surface area contributed by atoms with Crippen LogP contribution in [-0.2, 0) is 9.13 Å². The summed E-state index contributed by atoms with van der Waals surface area (Å²) >= 11 is 0. The predicted molar refractivity (Wildman–Crippen MR) is 278 cm³/mol. The number of aromatic hydroxyl groups is 1. The van der Waals surface area contributed by atoms with Crippen LogP contribution in [0.3, 0.4) is 0 Å². The third kappa shape index (κ3) is 8.98. The summed E-state index contributed by atoms with van der Waals surface area (Å²) in [4.78, 5) is 23.0. The van der Waals surface area contributed by atoms with Crippen LogP contribution in [0.4, 0.5) is 13.2 Å². The average molecular weight is 1110 g/mol. The molecule has 0 aliphatic carbocycles. The fourth-order valence-electron chi connectivity index (χ4n) is 9.23. The summed E-state index contributed by atoms with van der Waals surface area (Å²) in [6.07, 6.45) is -5.28. The van der Waals surface area contributed by atoms with E-state index in [0.29, 0.717) is 10.8 Å².